The Hall–Kier alpha value is -2.33. The monoisotopic (exact) mass is 285 g/mol. The highest BCUT2D eigenvalue weighted by Gasteiger charge is 2.13. The highest BCUT2D eigenvalue weighted by molar-refractivity contribution is 5.79. The Morgan fingerprint density at radius 1 is 0.857 bits per heavy atom. The molecule has 21 heavy (non-hydrogen) atoms. The van der Waals surface area contributed by atoms with Gasteiger partial charge in [-0.15, -0.1) is 0 Å². The molecular weight excluding hydrogens is 272 g/mol. The molecule has 0 saturated carbocycles. The molecule has 1 atom stereocenters. The third-order valence-electron chi connectivity index (χ3n) is 3.45. The van der Waals surface area contributed by atoms with Gasteiger partial charge in [-0.25, -0.2) is 8.78 Å². The van der Waals surface area contributed by atoms with Crippen molar-refractivity contribution in [2.75, 3.05) is 0 Å². The van der Waals surface area contributed by atoms with Crippen LogP contribution in [0.15, 0.2) is 60.8 Å². The normalized spacial score (nSPS) is 12.8. The van der Waals surface area contributed by atoms with Crippen LogP contribution in [0.4, 0.5) is 8.78 Å². The zero-order chi connectivity index (χ0) is 14.8. The van der Waals surface area contributed by atoms with E-state index in [-0.39, 0.29) is 5.56 Å². The Morgan fingerprint density at radius 3 is 2.24 bits per heavy atom. The van der Waals surface area contributed by atoms with Crippen LogP contribution in [0.2, 0.25) is 0 Å². The average molecular weight is 285 g/mol. The molecule has 2 aromatic carbocycles. The average Bonchev–Trinajstić information content (AvgIpc) is 2.54. The Balaban J connectivity index is 1.93. The van der Waals surface area contributed by atoms with Crippen molar-refractivity contribution in [3.8, 4) is 0 Å². The molecule has 0 aliphatic rings. The molecule has 0 radical (unpaired) electrons. The van der Waals surface area contributed by atoms with Crippen molar-refractivity contribution in [1.29, 1.82) is 0 Å². The maximum atomic E-state index is 12.5. The lowest BCUT2D eigenvalue weighted by atomic mass is 9.99. The highest BCUT2D eigenvalue weighted by Crippen LogP contribution is 2.26. The fourth-order valence-corrected chi connectivity index (χ4v) is 2.27. The number of aromatic nitrogens is 1. The van der Waals surface area contributed by atoms with E-state index in [9.17, 15) is 13.9 Å². The molecule has 0 amide bonds. The van der Waals surface area contributed by atoms with E-state index >= 15 is 0 Å². The predicted molar refractivity (Wildman–Crippen MR) is 77.2 cm³/mol. The van der Waals surface area contributed by atoms with Gasteiger partial charge in [0.25, 0.3) is 6.43 Å². The number of pyridine rings is 1. The van der Waals surface area contributed by atoms with Crippen LogP contribution >= 0.6 is 0 Å². The summed E-state index contributed by atoms with van der Waals surface area (Å²) in [5, 5.41) is 11.4. The van der Waals surface area contributed by atoms with Crippen molar-refractivity contribution in [2.24, 2.45) is 0 Å². The van der Waals surface area contributed by atoms with E-state index in [1.165, 1.54) is 24.3 Å². The van der Waals surface area contributed by atoms with E-state index in [0.717, 1.165) is 10.9 Å². The van der Waals surface area contributed by atoms with Gasteiger partial charge in [0, 0.05) is 17.1 Å². The Morgan fingerprint density at radius 2 is 1.52 bits per heavy atom. The summed E-state index contributed by atoms with van der Waals surface area (Å²) in [5.41, 5.74) is 2.00. The second-order valence-corrected chi connectivity index (χ2v) is 4.83. The van der Waals surface area contributed by atoms with Gasteiger partial charge in [0.05, 0.1) is 5.52 Å². The van der Waals surface area contributed by atoms with Crippen LogP contribution < -0.4 is 0 Å². The van der Waals surface area contributed by atoms with Crippen LogP contribution in [0.1, 0.15) is 29.2 Å². The van der Waals surface area contributed by atoms with E-state index in [1.807, 2.05) is 24.3 Å². The molecule has 0 saturated heterocycles. The van der Waals surface area contributed by atoms with Crippen LogP contribution in [0.25, 0.3) is 10.9 Å². The first-order valence-corrected chi connectivity index (χ1v) is 6.56. The molecular formula is C17H13F2NO. The number of halogens is 2. The number of fused-ring (bicyclic) bond motifs is 1. The van der Waals surface area contributed by atoms with Gasteiger partial charge in [0.2, 0.25) is 0 Å². The van der Waals surface area contributed by atoms with E-state index in [2.05, 4.69) is 4.98 Å². The molecule has 0 aliphatic heterocycles. The summed E-state index contributed by atoms with van der Waals surface area (Å²) in [6.07, 6.45) is -1.67. The van der Waals surface area contributed by atoms with E-state index in [0.29, 0.717) is 11.1 Å². The molecule has 0 spiro atoms. The molecule has 1 unspecified atom stereocenters. The van der Waals surface area contributed by atoms with Crippen molar-refractivity contribution in [3.05, 3.63) is 77.5 Å². The SMILES string of the molecule is OC(c1ccc(C(F)F)cc1)c1ccc2cccnc2c1. The Kier molecular flexibility index (Phi) is 3.62. The van der Waals surface area contributed by atoms with E-state index in [1.54, 1.807) is 12.3 Å². The number of alkyl halides is 2. The van der Waals surface area contributed by atoms with Crippen molar-refractivity contribution in [2.45, 2.75) is 12.5 Å². The zero-order valence-corrected chi connectivity index (χ0v) is 11.1. The second-order valence-electron chi connectivity index (χ2n) is 4.83. The summed E-state index contributed by atoms with van der Waals surface area (Å²) < 4.78 is 25.1. The number of hydrogen-bond acceptors (Lipinski definition) is 2. The van der Waals surface area contributed by atoms with E-state index in [4.69, 9.17) is 0 Å². The maximum absolute atomic E-state index is 12.5. The number of aliphatic hydroxyl groups is 1. The second kappa shape index (κ2) is 5.58. The standard InChI is InChI=1S/C17H13F2NO/c18-17(19)13-6-4-12(5-7-13)16(21)14-8-3-11-2-1-9-20-15(11)10-14/h1-10,16-17,21H. The summed E-state index contributed by atoms with van der Waals surface area (Å²) in [5.74, 6) is 0. The Labute approximate surface area is 120 Å². The molecule has 1 aromatic heterocycles. The topological polar surface area (TPSA) is 33.1 Å². The number of nitrogens with zero attached hydrogens (tertiary/aromatic N) is 1. The minimum absolute atomic E-state index is 0.0499. The van der Waals surface area contributed by atoms with Crippen LogP contribution in [0, 0.1) is 0 Å². The molecule has 106 valence electrons. The van der Waals surface area contributed by atoms with Crippen molar-refractivity contribution in [1.82, 2.24) is 4.98 Å². The molecule has 3 rings (SSSR count). The van der Waals surface area contributed by atoms with Crippen LogP contribution in [0.3, 0.4) is 0 Å². The van der Waals surface area contributed by atoms with Crippen molar-refractivity contribution < 1.29 is 13.9 Å². The third-order valence-corrected chi connectivity index (χ3v) is 3.45. The summed E-state index contributed by atoms with van der Waals surface area (Å²) in [7, 11) is 0. The molecule has 1 N–H and O–H groups in total. The first-order valence-electron chi connectivity index (χ1n) is 6.56. The van der Waals surface area contributed by atoms with Gasteiger partial charge in [0.1, 0.15) is 6.10 Å². The lowest BCUT2D eigenvalue weighted by molar-refractivity contribution is 0.151. The molecule has 2 nitrogen and oxygen atoms in total. The summed E-state index contributed by atoms with van der Waals surface area (Å²) in [4.78, 5) is 4.24. The minimum atomic E-state index is -2.50. The van der Waals surface area contributed by atoms with Crippen molar-refractivity contribution in [3.63, 3.8) is 0 Å². The summed E-state index contributed by atoms with van der Waals surface area (Å²) in [6, 6.07) is 15.0. The van der Waals surface area contributed by atoms with Crippen LogP contribution in [0.5, 0.6) is 0 Å². The quantitative estimate of drug-likeness (QED) is 0.780. The number of benzene rings is 2. The molecule has 0 bridgehead atoms. The van der Waals surface area contributed by atoms with Crippen LogP contribution in [-0.2, 0) is 0 Å². The first-order chi connectivity index (χ1) is 10.1. The largest absolute Gasteiger partial charge is 0.384 e. The lowest BCUT2D eigenvalue weighted by Gasteiger charge is -2.12. The predicted octanol–water partition coefficient (Wildman–Crippen LogP) is 4.25. The van der Waals surface area contributed by atoms with Gasteiger partial charge < -0.3 is 5.11 Å². The fraction of sp³-hybridized carbons (Fsp3) is 0.118. The van der Waals surface area contributed by atoms with Crippen molar-refractivity contribution >= 4 is 10.9 Å². The van der Waals surface area contributed by atoms with Gasteiger partial charge in [-0.2, -0.15) is 0 Å². The molecule has 3 aromatic rings. The zero-order valence-electron chi connectivity index (χ0n) is 11.1. The minimum Gasteiger partial charge on any atom is -0.384 e. The first kappa shape index (κ1) is 13.6. The van der Waals surface area contributed by atoms with E-state index < -0.39 is 12.5 Å². The number of rotatable bonds is 3. The Bertz CT molecular complexity index is 756. The number of aliphatic hydroxyl groups excluding tert-OH is 1. The third kappa shape index (κ3) is 2.76. The molecule has 0 fully saturated rings. The van der Waals surface area contributed by atoms with Gasteiger partial charge in [-0.3, -0.25) is 4.98 Å². The highest BCUT2D eigenvalue weighted by atomic mass is 19.3. The summed E-state index contributed by atoms with van der Waals surface area (Å²) >= 11 is 0. The molecule has 4 heteroatoms. The van der Waals surface area contributed by atoms with Gasteiger partial charge in [-0.05, 0) is 23.3 Å². The molecule has 1 heterocycles. The van der Waals surface area contributed by atoms with Gasteiger partial charge in [0.15, 0.2) is 0 Å². The molecule has 0 aliphatic carbocycles. The lowest BCUT2D eigenvalue weighted by Crippen LogP contribution is -2.00. The number of hydrogen-bond donors (Lipinski definition) is 1. The van der Waals surface area contributed by atoms with Crippen LogP contribution in [-0.4, -0.2) is 10.1 Å². The smallest absolute Gasteiger partial charge is 0.263 e. The maximum Gasteiger partial charge on any atom is 0.263 e. The fourth-order valence-electron chi connectivity index (χ4n) is 2.27. The summed E-state index contributed by atoms with van der Waals surface area (Å²) in [6.45, 7) is 0. The van der Waals surface area contributed by atoms with Gasteiger partial charge >= 0.3 is 0 Å². The van der Waals surface area contributed by atoms with Gasteiger partial charge in [-0.1, -0.05) is 42.5 Å².